The fourth-order valence-electron chi connectivity index (χ4n) is 3.74. The lowest BCUT2D eigenvalue weighted by atomic mass is 10.1. The molecule has 0 saturated heterocycles. The van der Waals surface area contributed by atoms with Crippen LogP contribution in [0.2, 0.25) is 0 Å². The van der Waals surface area contributed by atoms with Crippen molar-refractivity contribution in [3.05, 3.63) is 72.1 Å². The molecule has 0 aliphatic rings. The average molecular weight is 587 g/mol. The lowest BCUT2D eigenvalue weighted by Crippen LogP contribution is -2.21. The molecule has 0 spiro atoms. The lowest BCUT2D eigenvalue weighted by Gasteiger charge is -2.19. The smallest absolute Gasteiger partial charge is 0.357 e. The van der Waals surface area contributed by atoms with Crippen molar-refractivity contribution in [2.24, 2.45) is 0 Å². The Balaban J connectivity index is 1.70. The first-order valence-corrected chi connectivity index (χ1v) is 14.6. The van der Waals surface area contributed by atoms with E-state index >= 15 is 0 Å². The summed E-state index contributed by atoms with van der Waals surface area (Å²) in [6, 6.07) is 12.5. The summed E-state index contributed by atoms with van der Waals surface area (Å²) in [5.41, 5.74) is 3.14. The molecule has 0 atom stereocenters. The number of hydroxylamine groups is 1. The zero-order valence-electron chi connectivity index (χ0n) is 22.4. The number of carbonyl (C=O) groups is 1. The van der Waals surface area contributed by atoms with Gasteiger partial charge in [0, 0.05) is 41.6 Å². The van der Waals surface area contributed by atoms with Gasteiger partial charge in [-0.15, -0.1) is 0 Å². The summed E-state index contributed by atoms with van der Waals surface area (Å²) in [5, 5.41) is 8.70. The van der Waals surface area contributed by atoms with Crippen molar-refractivity contribution >= 4 is 47.4 Å². The van der Waals surface area contributed by atoms with E-state index < -0.39 is 30.6 Å². The third kappa shape index (κ3) is 7.16. The van der Waals surface area contributed by atoms with Gasteiger partial charge in [-0.05, 0) is 55.8 Å². The Labute approximate surface area is 233 Å². The number of aromatic nitrogens is 4. The number of hydrogen-bond acceptors (Lipinski definition) is 10. The van der Waals surface area contributed by atoms with E-state index in [2.05, 4.69) is 46.2 Å². The third-order valence-corrected chi connectivity index (χ3v) is 7.23. The van der Waals surface area contributed by atoms with E-state index in [1.807, 2.05) is 0 Å². The second-order valence-corrected chi connectivity index (χ2v) is 12.2. The van der Waals surface area contributed by atoms with Crippen LogP contribution >= 0.6 is 7.14 Å². The van der Waals surface area contributed by atoms with Gasteiger partial charge < -0.3 is 20.5 Å². The average Bonchev–Trinajstić information content (AvgIpc) is 2.93. The minimum atomic E-state index is -4.77. The van der Waals surface area contributed by atoms with E-state index in [4.69, 9.17) is 0 Å². The highest BCUT2D eigenvalue weighted by Crippen LogP contribution is 2.41. The van der Waals surface area contributed by atoms with Crippen LogP contribution in [0, 0.1) is 0 Å². The molecule has 4 N–H and O–H groups in total. The molecule has 2 heterocycles. The summed E-state index contributed by atoms with van der Waals surface area (Å²) in [6.07, 6.45) is -2.56. The number of halogens is 3. The van der Waals surface area contributed by atoms with Crippen molar-refractivity contribution in [1.29, 1.82) is 0 Å². The highest BCUT2D eigenvalue weighted by atomic mass is 31.2. The van der Waals surface area contributed by atoms with E-state index in [9.17, 15) is 22.5 Å². The monoisotopic (exact) mass is 586 g/mol. The van der Waals surface area contributed by atoms with Crippen LogP contribution < -0.4 is 26.7 Å². The van der Waals surface area contributed by atoms with Gasteiger partial charge in [0.1, 0.15) is 18.5 Å². The number of amides is 1. The van der Waals surface area contributed by atoms with Gasteiger partial charge in [0.2, 0.25) is 11.9 Å². The molecule has 1 amide bonds. The van der Waals surface area contributed by atoms with Gasteiger partial charge in [0.25, 0.3) is 5.91 Å². The van der Waals surface area contributed by atoms with Gasteiger partial charge in [-0.25, -0.2) is 20.4 Å². The molecule has 0 saturated carbocycles. The first-order valence-electron chi connectivity index (χ1n) is 12.0. The number of nitrogens with zero attached hydrogens (tertiary/aromatic N) is 4. The fourth-order valence-corrected chi connectivity index (χ4v) is 4.90. The summed E-state index contributed by atoms with van der Waals surface area (Å²) in [5.74, 6) is -0.756. The summed E-state index contributed by atoms with van der Waals surface area (Å²) in [7, 11) is -0.0307. The highest BCUT2D eigenvalue weighted by Gasteiger charge is 2.36. The van der Waals surface area contributed by atoms with E-state index in [0.717, 1.165) is 0 Å². The standard InChI is InChI=1S/C26H26F3N8O3P/c1-30-24-31-12-11-19(35-24)16-7-10-20(21(13-16)41(3,4)39)34-22-18(26(27,28)29)14-32-25(36-22)33-17-8-5-15(6-9-17)23(38)37-40-2/h5-14H,1-4H3,(H,37,38)(H,30,31,35)(H2,32,33,34,36). The molecule has 0 radical (unpaired) electrons. The van der Waals surface area contributed by atoms with Crippen LogP contribution in [0.1, 0.15) is 15.9 Å². The summed E-state index contributed by atoms with van der Waals surface area (Å²) in [4.78, 5) is 32.8. The maximum atomic E-state index is 13.9. The van der Waals surface area contributed by atoms with Crippen LogP contribution in [-0.4, -0.2) is 53.3 Å². The zero-order valence-corrected chi connectivity index (χ0v) is 23.3. The Hall–Kier alpha value is -4.55. The molecular weight excluding hydrogens is 560 g/mol. The van der Waals surface area contributed by atoms with Crippen molar-refractivity contribution < 1.29 is 27.4 Å². The van der Waals surface area contributed by atoms with Gasteiger partial charge in [0.05, 0.1) is 18.5 Å². The van der Waals surface area contributed by atoms with Crippen molar-refractivity contribution in [3.63, 3.8) is 0 Å². The number of carbonyl (C=O) groups excluding carboxylic acids is 1. The van der Waals surface area contributed by atoms with Crippen molar-refractivity contribution in [3.8, 4) is 11.3 Å². The topological polar surface area (TPSA) is 143 Å². The predicted molar refractivity (Wildman–Crippen MR) is 151 cm³/mol. The number of hydrogen-bond donors (Lipinski definition) is 4. The molecule has 2 aromatic carbocycles. The summed E-state index contributed by atoms with van der Waals surface area (Å²) in [6.45, 7) is 3.04. The lowest BCUT2D eigenvalue weighted by molar-refractivity contribution is -0.137. The molecule has 0 unspecified atom stereocenters. The van der Waals surface area contributed by atoms with Gasteiger partial charge in [-0.1, -0.05) is 6.07 Å². The Morgan fingerprint density at radius 1 is 0.951 bits per heavy atom. The number of alkyl halides is 3. The van der Waals surface area contributed by atoms with E-state index in [1.165, 1.54) is 50.8 Å². The molecular formula is C26H26F3N8O3P. The maximum absolute atomic E-state index is 13.9. The fraction of sp³-hybridized carbons (Fsp3) is 0.192. The first kappa shape index (κ1) is 29.4. The molecule has 4 rings (SSSR count). The van der Waals surface area contributed by atoms with Crippen molar-refractivity contribution in [2.75, 3.05) is 43.4 Å². The van der Waals surface area contributed by atoms with Crippen LogP contribution in [0.25, 0.3) is 11.3 Å². The molecule has 11 nitrogen and oxygen atoms in total. The normalized spacial score (nSPS) is 11.6. The number of rotatable bonds is 9. The Morgan fingerprint density at radius 2 is 1.68 bits per heavy atom. The van der Waals surface area contributed by atoms with Crippen LogP contribution in [-0.2, 0) is 15.6 Å². The SMILES string of the molecule is CNc1nccc(-c2ccc(Nc3nc(Nc4ccc(C(=O)NOC)cc4)ncc3C(F)(F)F)c(P(C)(C)=O)c2)n1. The minimum Gasteiger partial charge on any atom is -0.357 e. The van der Waals surface area contributed by atoms with Crippen molar-refractivity contribution in [1.82, 2.24) is 25.4 Å². The second kappa shape index (κ2) is 11.9. The molecule has 41 heavy (non-hydrogen) atoms. The molecule has 15 heteroatoms. The minimum absolute atomic E-state index is 0.135. The van der Waals surface area contributed by atoms with Crippen LogP contribution in [0.4, 0.5) is 42.3 Å². The van der Waals surface area contributed by atoms with E-state index in [-0.39, 0.29) is 11.6 Å². The Morgan fingerprint density at radius 3 is 2.32 bits per heavy atom. The van der Waals surface area contributed by atoms with Gasteiger partial charge >= 0.3 is 6.18 Å². The molecule has 214 valence electrons. The summed E-state index contributed by atoms with van der Waals surface area (Å²) < 4.78 is 55.0. The predicted octanol–water partition coefficient (Wildman–Crippen LogP) is 5.02. The highest BCUT2D eigenvalue weighted by molar-refractivity contribution is 7.70. The zero-order chi connectivity index (χ0) is 29.8. The summed E-state index contributed by atoms with van der Waals surface area (Å²) >= 11 is 0. The van der Waals surface area contributed by atoms with Gasteiger partial charge in [-0.2, -0.15) is 18.2 Å². The molecule has 0 aliphatic carbocycles. The van der Waals surface area contributed by atoms with Crippen LogP contribution in [0.5, 0.6) is 0 Å². The molecule has 2 aromatic heterocycles. The van der Waals surface area contributed by atoms with Gasteiger partial charge in [0.15, 0.2) is 0 Å². The van der Waals surface area contributed by atoms with Crippen molar-refractivity contribution in [2.45, 2.75) is 6.18 Å². The Bertz CT molecular complexity index is 1610. The number of anilines is 5. The molecule has 4 aromatic rings. The maximum Gasteiger partial charge on any atom is 0.421 e. The first-order chi connectivity index (χ1) is 19.4. The van der Waals surface area contributed by atoms with Gasteiger partial charge in [-0.3, -0.25) is 9.63 Å². The van der Waals surface area contributed by atoms with E-state index in [1.54, 1.807) is 31.4 Å². The Kier molecular flexibility index (Phi) is 8.55. The number of benzene rings is 2. The molecule has 0 bridgehead atoms. The molecule has 0 aliphatic heterocycles. The quantitative estimate of drug-likeness (QED) is 0.156. The molecule has 0 fully saturated rings. The third-order valence-electron chi connectivity index (χ3n) is 5.70. The van der Waals surface area contributed by atoms with Crippen LogP contribution in [0.3, 0.4) is 0 Å². The second-order valence-electron chi connectivity index (χ2n) is 9.01. The number of nitrogens with one attached hydrogen (secondary N) is 4. The van der Waals surface area contributed by atoms with Crippen LogP contribution in [0.15, 0.2) is 60.9 Å². The van der Waals surface area contributed by atoms with E-state index in [0.29, 0.717) is 40.0 Å². The largest absolute Gasteiger partial charge is 0.421 e.